The molecule has 0 heterocycles. The van der Waals surface area contributed by atoms with Crippen LogP contribution in [0.2, 0.25) is 38.8 Å². The zero-order valence-corrected chi connectivity index (χ0v) is 16.7. The molecule has 0 radical (unpaired) electrons. The van der Waals surface area contributed by atoms with Crippen LogP contribution in [0.15, 0.2) is 43.0 Å². The zero-order chi connectivity index (χ0) is 16.9. The Balaban J connectivity index is 3.05. The minimum atomic E-state index is -1.92. The summed E-state index contributed by atoms with van der Waals surface area (Å²) < 4.78 is 0. The summed E-state index contributed by atoms with van der Waals surface area (Å²) in [5.41, 5.74) is 4.67. The summed E-state index contributed by atoms with van der Waals surface area (Å²) in [5.74, 6) is 3.31. The van der Waals surface area contributed by atoms with Crippen molar-refractivity contribution in [3.05, 3.63) is 48.6 Å². The van der Waals surface area contributed by atoms with Crippen LogP contribution in [0, 0.1) is 11.5 Å². The van der Waals surface area contributed by atoms with Crippen LogP contribution in [-0.4, -0.2) is 26.5 Å². The van der Waals surface area contributed by atoms with Crippen molar-refractivity contribution >= 4 is 16.1 Å². The number of aryl methyl sites for hydroxylation is 1. The molecular formula is C19H30OSi2. The molecule has 0 unspecified atom stereocenters. The Morgan fingerprint density at radius 2 is 1.73 bits per heavy atom. The first-order chi connectivity index (χ1) is 10.1. The Morgan fingerprint density at radius 1 is 1.14 bits per heavy atom. The van der Waals surface area contributed by atoms with Crippen LogP contribution in [0.25, 0.3) is 0 Å². The molecule has 0 saturated carbocycles. The van der Waals surface area contributed by atoms with Gasteiger partial charge in [0.05, 0.1) is 0 Å². The lowest BCUT2D eigenvalue weighted by molar-refractivity contribution is 0.165. The van der Waals surface area contributed by atoms with Gasteiger partial charge in [0.25, 0.3) is 0 Å². The molecule has 0 bridgehead atoms. The highest BCUT2D eigenvalue weighted by Gasteiger charge is 2.43. The quantitative estimate of drug-likeness (QED) is 0.457. The molecule has 1 aromatic rings. The maximum Gasteiger partial charge on any atom is 0.129 e. The van der Waals surface area contributed by atoms with Gasteiger partial charge >= 0.3 is 0 Å². The molecule has 0 aliphatic rings. The van der Waals surface area contributed by atoms with Gasteiger partial charge in [-0.1, -0.05) is 75.1 Å². The Hall–Kier alpha value is -1.09. The van der Waals surface area contributed by atoms with E-state index in [1.54, 1.807) is 0 Å². The average molecular weight is 331 g/mol. The van der Waals surface area contributed by atoms with E-state index in [1.807, 2.05) is 12.1 Å². The van der Waals surface area contributed by atoms with E-state index in [2.05, 4.69) is 75.0 Å². The van der Waals surface area contributed by atoms with Crippen LogP contribution in [0.1, 0.15) is 12.0 Å². The number of hydrogen-bond acceptors (Lipinski definition) is 1. The molecule has 1 nitrogen and oxygen atoms in total. The van der Waals surface area contributed by atoms with Crippen LogP contribution in [-0.2, 0) is 6.42 Å². The van der Waals surface area contributed by atoms with Gasteiger partial charge in [-0.05, 0) is 24.4 Å². The van der Waals surface area contributed by atoms with Crippen molar-refractivity contribution in [2.24, 2.45) is 0 Å². The van der Waals surface area contributed by atoms with Gasteiger partial charge in [0.1, 0.15) is 21.4 Å². The van der Waals surface area contributed by atoms with E-state index < -0.39 is 21.4 Å². The third-order valence-electron chi connectivity index (χ3n) is 4.04. The second kappa shape index (κ2) is 7.45. The maximum atomic E-state index is 11.4. The van der Waals surface area contributed by atoms with E-state index in [0.29, 0.717) is 6.42 Å². The van der Waals surface area contributed by atoms with Gasteiger partial charge in [-0.25, -0.2) is 0 Å². The summed E-state index contributed by atoms with van der Waals surface area (Å²) in [7, 11) is -3.43. The van der Waals surface area contributed by atoms with Crippen molar-refractivity contribution in [2.45, 2.75) is 56.8 Å². The third-order valence-corrected chi connectivity index (χ3v) is 8.84. The molecule has 1 aromatic carbocycles. The minimum Gasteiger partial charge on any atom is -0.381 e. The van der Waals surface area contributed by atoms with Crippen molar-refractivity contribution in [2.75, 3.05) is 0 Å². The summed E-state index contributed by atoms with van der Waals surface area (Å²) in [4.78, 5) is 0. The van der Waals surface area contributed by atoms with Crippen molar-refractivity contribution in [1.29, 1.82) is 0 Å². The number of rotatable bonds is 6. The van der Waals surface area contributed by atoms with Crippen molar-refractivity contribution in [3.63, 3.8) is 0 Å². The van der Waals surface area contributed by atoms with Crippen LogP contribution >= 0.6 is 0 Å². The fourth-order valence-electron chi connectivity index (χ4n) is 2.36. The van der Waals surface area contributed by atoms with Gasteiger partial charge in [0.2, 0.25) is 0 Å². The van der Waals surface area contributed by atoms with E-state index >= 15 is 0 Å². The van der Waals surface area contributed by atoms with Gasteiger partial charge in [-0.2, -0.15) is 0 Å². The van der Waals surface area contributed by atoms with Crippen molar-refractivity contribution in [1.82, 2.24) is 0 Å². The smallest absolute Gasteiger partial charge is 0.129 e. The van der Waals surface area contributed by atoms with E-state index in [9.17, 15) is 5.11 Å². The fourth-order valence-corrected chi connectivity index (χ4v) is 5.33. The normalized spacial score (nSPS) is 14.6. The third kappa shape index (κ3) is 5.60. The molecule has 1 N–H and O–H groups in total. The van der Waals surface area contributed by atoms with E-state index in [4.69, 9.17) is 0 Å². The van der Waals surface area contributed by atoms with Crippen molar-refractivity contribution < 1.29 is 5.11 Å². The molecule has 0 aromatic heterocycles. The Bertz CT molecular complexity index is 546. The molecule has 120 valence electrons. The summed E-state index contributed by atoms with van der Waals surface area (Å²) in [6.45, 7) is 15.0. The maximum absolute atomic E-state index is 11.4. The average Bonchev–Trinajstić information content (AvgIpc) is 2.43. The fraction of sp³-hybridized carbons (Fsp3) is 0.474. The minimum absolute atomic E-state index is 0.710. The van der Waals surface area contributed by atoms with Crippen LogP contribution in [0.3, 0.4) is 0 Å². The van der Waals surface area contributed by atoms with Crippen LogP contribution in [0.4, 0.5) is 0 Å². The predicted molar refractivity (Wildman–Crippen MR) is 103 cm³/mol. The van der Waals surface area contributed by atoms with Crippen LogP contribution < -0.4 is 0 Å². The highest BCUT2D eigenvalue weighted by atomic mass is 28.3. The lowest BCUT2D eigenvalue weighted by Crippen LogP contribution is -2.53. The molecule has 1 atom stereocenters. The van der Waals surface area contributed by atoms with Gasteiger partial charge < -0.3 is 5.11 Å². The monoisotopic (exact) mass is 330 g/mol. The van der Waals surface area contributed by atoms with E-state index in [-0.39, 0.29) is 0 Å². The van der Waals surface area contributed by atoms with E-state index in [0.717, 1.165) is 12.5 Å². The second-order valence-corrected chi connectivity index (χ2v) is 17.5. The molecule has 22 heavy (non-hydrogen) atoms. The van der Waals surface area contributed by atoms with Gasteiger partial charge in [-0.3, -0.25) is 0 Å². The van der Waals surface area contributed by atoms with Gasteiger partial charge in [0, 0.05) is 0 Å². The number of aliphatic hydroxyl groups is 1. The summed E-state index contributed by atoms with van der Waals surface area (Å²) >= 11 is 0. The van der Waals surface area contributed by atoms with Gasteiger partial charge in [0.15, 0.2) is 0 Å². The molecule has 3 heteroatoms. The summed E-state index contributed by atoms with van der Waals surface area (Å²) in [5, 5.41) is 10.5. The SMILES string of the molecule is C=CC[Si](C)(C)[C@](O)(C#C[Si](C)(C)C)CCc1ccccc1. The molecule has 0 fully saturated rings. The summed E-state index contributed by atoms with van der Waals surface area (Å²) in [6.07, 6.45) is 3.52. The lowest BCUT2D eigenvalue weighted by Gasteiger charge is -2.37. The van der Waals surface area contributed by atoms with E-state index in [1.165, 1.54) is 5.56 Å². The molecule has 0 spiro atoms. The van der Waals surface area contributed by atoms with Gasteiger partial charge in [-0.15, -0.1) is 12.1 Å². The Morgan fingerprint density at radius 3 is 2.23 bits per heavy atom. The first kappa shape index (κ1) is 19.0. The summed E-state index contributed by atoms with van der Waals surface area (Å²) in [6, 6.07) is 11.3. The molecular weight excluding hydrogens is 300 g/mol. The molecule has 0 aliphatic carbocycles. The number of benzene rings is 1. The topological polar surface area (TPSA) is 20.2 Å². The Labute approximate surface area is 138 Å². The predicted octanol–water partition coefficient (Wildman–Crippen LogP) is 4.66. The zero-order valence-electron chi connectivity index (χ0n) is 14.7. The highest BCUT2D eigenvalue weighted by Crippen LogP contribution is 2.29. The Kier molecular flexibility index (Phi) is 6.42. The first-order valence-corrected chi connectivity index (χ1v) is 14.7. The standard InChI is InChI=1S/C19H30OSi2/c1-7-16-22(5,6)19(20,15-17-21(2,3)4)14-13-18-11-9-8-10-12-18/h7-12,20H,1,13-14,16H2,2-6H3/t19-/m0/s1. The van der Waals surface area contributed by atoms with Crippen LogP contribution in [0.5, 0.6) is 0 Å². The molecule has 0 saturated heterocycles. The largest absolute Gasteiger partial charge is 0.381 e. The lowest BCUT2D eigenvalue weighted by atomic mass is 10.1. The number of hydrogen-bond donors (Lipinski definition) is 1. The first-order valence-electron chi connectivity index (χ1n) is 8.01. The molecule has 1 rings (SSSR count). The number of allylic oxidation sites excluding steroid dienone is 1. The second-order valence-electron chi connectivity index (χ2n) is 7.72. The van der Waals surface area contributed by atoms with Crippen molar-refractivity contribution in [3.8, 4) is 11.5 Å². The molecule has 0 amide bonds. The highest BCUT2D eigenvalue weighted by molar-refractivity contribution is 6.84. The molecule has 0 aliphatic heterocycles.